The standard InChI is InChI=1S/C21H22N2O4/c1-21(2,20(26)27)19(25)22-16-9-7-14(8-10-16)13-18(24)23-12-11-15-5-3-4-6-17(15)23/h3-10H,11-13H2,1-2H3,(H,22,25)(H,26,27). The Morgan fingerprint density at radius 1 is 1.07 bits per heavy atom. The van der Waals surface area contributed by atoms with E-state index < -0.39 is 17.3 Å². The Labute approximate surface area is 157 Å². The minimum atomic E-state index is -1.52. The van der Waals surface area contributed by atoms with Gasteiger partial charge in [-0.05, 0) is 49.6 Å². The third-order valence-corrected chi connectivity index (χ3v) is 4.86. The molecule has 0 atom stereocenters. The van der Waals surface area contributed by atoms with Crippen LogP contribution in [0.1, 0.15) is 25.0 Å². The van der Waals surface area contributed by atoms with Gasteiger partial charge in [0.1, 0.15) is 5.41 Å². The highest BCUT2D eigenvalue weighted by molar-refractivity contribution is 6.07. The summed E-state index contributed by atoms with van der Waals surface area (Å²) in [6, 6.07) is 14.8. The number of hydrogen-bond donors (Lipinski definition) is 2. The van der Waals surface area contributed by atoms with Crippen molar-refractivity contribution in [2.24, 2.45) is 5.41 Å². The van der Waals surface area contributed by atoms with E-state index in [0.29, 0.717) is 12.2 Å². The largest absolute Gasteiger partial charge is 0.480 e. The number of carbonyl (C=O) groups is 3. The van der Waals surface area contributed by atoms with Crippen LogP contribution in [-0.2, 0) is 27.2 Å². The van der Waals surface area contributed by atoms with Crippen molar-refractivity contribution in [3.8, 4) is 0 Å². The first kappa shape index (κ1) is 18.6. The van der Waals surface area contributed by atoms with Crippen LogP contribution >= 0.6 is 0 Å². The van der Waals surface area contributed by atoms with Crippen molar-refractivity contribution in [2.75, 3.05) is 16.8 Å². The zero-order valence-corrected chi connectivity index (χ0v) is 15.4. The third kappa shape index (κ3) is 3.84. The number of nitrogens with zero attached hydrogens (tertiary/aromatic N) is 1. The molecule has 2 aromatic rings. The molecular formula is C21H22N2O4. The van der Waals surface area contributed by atoms with E-state index in [4.69, 9.17) is 5.11 Å². The summed E-state index contributed by atoms with van der Waals surface area (Å²) in [6.07, 6.45) is 1.13. The number of carbonyl (C=O) groups excluding carboxylic acids is 2. The lowest BCUT2D eigenvalue weighted by molar-refractivity contribution is -0.151. The maximum Gasteiger partial charge on any atom is 0.318 e. The van der Waals surface area contributed by atoms with E-state index in [2.05, 4.69) is 5.32 Å². The van der Waals surface area contributed by atoms with Crippen molar-refractivity contribution in [1.82, 2.24) is 0 Å². The SMILES string of the molecule is CC(C)(C(=O)O)C(=O)Nc1ccc(CC(=O)N2CCc3ccccc32)cc1. The predicted molar refractivity (Wildman–Crippen MR) is 103 cm³/mol. The molecule has 0 bridgehead atoms. The molecule has 0 aromatic heterocycles. The molecule has 6 heteroatoms. The van der Waals surface area contributed by atoms with E-state index in [9.17, 15) is 14.4 Å². The van der Waals surface area contributed by atoms with Crippen LogP contribution in [0.2, 0.25) is 0 Å². The molecule has 3 rings (SSSR count). The van der Waals surface area contributed by atoms with E-state index in [1.165, 1.54) is 19.4 Å². The van der Waals surface area contributed by atoms with Crippen LogP contribution in [-0.4, -0.2) is 29.4 Å². The van der Waals surface area contributed by atoms with Crippen molar-refractivity contribution in [1.29, 1.82) is 0 Å². The number of aliphatic carboxylic acids is 1. The molecule has 0 aliphatic carbocycles. The number of benzene rings is 2. The van der Waals surface area contributed by atoms with Crippen LogP contribution in [0.5, 0.6) is 0 Å². The van der Waals surface area contributed by atoms with Gasteiger partial charge in [-0.2, -0.15) is 0 Å². The number of fused-ring (bicyclic) bond motifs is 1. The summed E-state index contributed by atoms with van der Waals surface area (Å²) in [5, 5.41) is 11.7. The van der Waals surface area contributed by atoms with Gasteiger partial charge in [-0.15, -0.1) is 0 Å². The van der Waals surface area contributed by atoms with Gasteiger partial charge in [-0.25, -0.2) is 0 Å². The molecule has 0 saturated heterocycles. The normalized spacial score (nSPS) is 13.2. The van der Waals surface area contributed by atoms with Gasteiger partial charge in [0.25, 0.3) is 0 Å². The predicted octanol–water partition coefficient (Wildman–Crippen LogP) is 2.87. The highest BCUT2D eigenvalue weighted by Gasteiger charge is 2.36. The molecule has 2 aromatic carbocycles. The molecule has 2 N–H and O–H groups in total. The summed E-state index contributed by atoms with van der Waals surface area (Å²) < 4.78 is 0. The Balaban J connectivity index is 1.64. The number of amides is 2. The van der Waals surface area contributed by atoms with Crippen LogP contribution in [0.4, 0.5) is 11.4 Å². The summed E-state index contributed by atoms with van der Waals surface area (Å²) >= 11 is 0. The fourth-order valence-electron chi connectivity index (χ4n) is 2.96. The first-order chi connectivity index (χ1) is 12.8. The van der Waals surface area contributed by atoms with Crippen molar-refractivity contribution < 1.29 is 19.5 Å². The molecule has 1 aliphatic rings. The van der Waals surface area contributed by atoms with Gasteiger partial charge in [-0.1, -0.05) is 30.3 Å². The number of rotatable bonds is 5. The summed E-state index contributed by atoms with van der Waals surface area (Å²) in [5.41, 5.74) is 1.97. The number of hydrogen-bond acceptors (Lipinski definition) is 3. The summed E-state index contributed by atoms with van der Waals surface area (Å²) in [6.45, 7) is 3.40. The van der Waals surface area contributed by atoms with Gasteiger partial charge < -0.3 is 15.3 Å². The number of para-hydroxylation sites is 1. The van der Waals surface area contributed by atoms with E-state index in [0.717, 1.165) is 17.7 Å². The summed E-state index contributed by atoms with van der Waals surface area (Å²) in [5.74, 6) is -1.75. The fourth-order valence-corrected chi connectivity index (χ4v) is 2.96. The van der Waals surface area contributed by atoms with Crippen LogP contribution in [0.15, 0.2) is 48.5 Å². The molecule has 140 valence electrons. The second kappa shape index (κ2) is 7.23. The molecule has 0 spiro atoms. The highest BCUT2D eigenvalue weighted by Crippen LogP contribution is 2.28. The summed E-state index contributed by atoms with van der Waals surface area (Å²) in [4.78, 5) is 37.7. The molecule has 0 unspecified atom stereocenters. The fraction of sp³-hybridized carbons (Fsp3) is 0.286. The second-order valence-corrected chi connectivity index (χ2v) is 7.18. The Morgan fingerprint density at radius 2 is 1.74 bits per heavy atom. The zero-order chi connectivity index (χ0) is 19.6. The lowest BCUT2D eigenvalue weighted by Gasteiger charge is -2.19. The van der Waals surface area contributed by atoms with Gasteiger partial charge in [0, 0.05) is 17.9 Å². The Kier molecular flexibility index (Phi) is 4.99. The average molecular weight is 366 g/mol. The maximum atomic E-state index is 12.6. The molecule has 0 saturated carbocycles. The topological polar surface area (TPSA) is 86.7 Å². The minimum Gasteiger partial charge on any atom is -0.480 e. The average Bonchev–Trinajstić information content (AvgIpc) is 3.07. The Hall–Kier alpha value is -3.15. The van der Waals surface area contributed by atoms with E-state index in [1.54, 1.807) is 29.2 Å². The Bertz CT molecular complexity index is 887. The van der Waals surface area contributed by atoms with Crippen LogP contribution in [0.3, 0.4) is 0 Å². The third-order valence-electron chi connectivity index (χ3n) is 4.86. The first-order valence-electron chi connectivity index (χ1n) is 8.81. The maximum absolute atomic E-state index is 12.6. The van der Waals surface area contributed by atoms with Crippen molar-refractivity contribution in [3.05, 3.63) is 59.7 Å². The van der Waals surface area contributed by atoms with E-state index in [-0.39, 0.29) is 12.3 Å². The molecule has 1 aliphatic heterocycles. The molecule has 27 heavy (non-hydrogen) atoms. The monoisotopic (exact) mass is 366 g/mol. The molecular weight excluding hydrogens is 344 g/mol. The molecule has 6 nitrogen and oxygen atoms in total. The lowest BCUT2D eigenvalue weighted by atomic mass is 9.92. The second-order valence-electron chi connectivity index (χ2n) is 7.18. The minimum absolute atomic E-state index is 0.0312. The van der Waals surface area contributed by atoms with Gasteiger partial charge >= 0.3 is 5.97 Å². The van der Waals surface area contributed by atoms with E-state index >= 15 is 0 Å². The first-order valence-corrected chi connectivity index (χ1v) is 8.81. The Morgan fingerprint density at radius 3 is 2.41 bits per heavy atom. The number of carboxylic acids is 1. The smallest absolute Gasteiger partial charge is 0.318 e. The lowest BCUT2D eigenvalue weighted by Crippen LogP contribution is -2.37. The molecule has 2 amide bonds. The summed E-state index contributed by atoms with van der Waals surface area (Å²) in [7, 11) is 0. The van der Waals surface area contributed by atoms with Gasteiger partial charge in [0.05, 0.1) is 6.42 Å². The van der Waals surface area contributed by atoms with Gasteiger partial charge in [-0.3, -0.25) is 14.4 Å². The molecule has 0 radical (unpaired) electrons. The van der Waals surface area contributed by atoms with Crippen LogP contribution < -0.4 is 10.2 Å². The van der Waals surface area contributed by atoms with Crippen molar-refractivity contribution in [3.63, 3.8) is 0 Å². The highest BCUT2D eigenvalue weighted by atomic mass is 16.4. The van der Waals surface area contributed by atoms with Crippen LogP contribution in [0, 0.1) is 5.41 Å². The number of carboxylic acid groups (broad SMARTS) is 1. The van der Waals surface area contributed by atoms with Crippen molar-refractivity contribution >= 4 is 29.2 Å². The van der Waals surface area contributed by atoms with Crippen molar-refractivity contribution in [2.45, 2.75) is 26.7 Å². The van der Waals surface area contributed by atoms with Gasteiger partial charge in [0.2, 0.25) is 11.8 Å². The number of nitrogens with one attached hydrogen (secondary N) is 1. The quantitative estimate of drug-likeness (QED) is 0.797. The zero-order valence-electron chi connectivity index (χ0n) is 15.4. The van der Waals surface area contributed by atoms with E-state index in [1.807, 2.05) is 24.3 Å². The van der Waals surface area contributed by atoms with Crippen LogP contribution in [0.25, 0.3) is 0 Å². The molecule has 1 heterocycles. The van der Waals surface area contributed by atoms with Gasteiger partial charge in [0.15, 0.2) is 0 Å². The number of anilines is 2. The molecule has 0 fully saturated rings.